The van der Waals surface area contributed by atoms with E-state index in [1.54, 1.807) is 0 Å². The van der Waals surface area contributed by atoms with Crippen molar-refractivity contribution in [2.45, 2.75) is 20.8 Å². The molecule has 0 spiro atoms. The average Bonchev–Trinajstić information content (AvgIpc) is 2.42. The highest BCUT2D eigenvalue weighted by Gasteiger charge is 2.11. The minimum absolute atomic E-state index is 0.0333. The third kappa shape index (κ3) is 4.11. The highest BCUT2D eigenvalue weighted by molar-refractivity contribution is 9.11. The summed E-state index contributed by atoms with van der Waals surface area (Å²) in [4.78, 5) is 12.1. The van der Waals surface area contributed by atoms with Crippen LogP contribution in [0, 0.1) is 20.8 Å². The molecule has 3 nitrogen and oxygen atoms in total. The van der Waals surface area contributed by atoms with E-state index in [4.69, 9.17) is 4.74 Å². The zero-order valence-corrected chi connectivity index (χ0v) is 15.8. The summed E-state index contributed by atoms with van der Waals surface area (Å²) >= 11 is 6.87. The summed E-state index contributed by atoms with van der Waals surface area (Å²) in [6.45, 7) is 5.91. The fraction of sp³-hybridized carbons (Fsp3) is 0.235. The van der Waals surface area contributed by atoms with Crippen molar-refractivity contribution in [3.05, 3.63) is 56.0 Å². The standard InChI is InChI=1S/C17H17Br2NO2/c1-10-5-4-6-15(12(10)3)20-16(21)9-22-17-11(2)7-13(18)8-14(17)19/h4-8H,9H2,1-3H3,(H,20,21). The Balaban J connectivity index is 2.03. The lowest BCUT2D eigenvalue weighted by molar-refractivity contribution is -0.118. The Morgan fingerprint density at radius 1 is 1.14 bits per heavy atom. The molecular weight excluding hydrogens is 410 g/mol. The summed E-state index contributed by atoms with van der Waals surface area (Å²) in [6, 6.07) is 9.67. The van der Waals surface area contributed by atoms with E-state index in [2.05, 4.69) is 37.2 Å². The van der Waals surface area contributed by atoms with Crippen molar-refractivity contribution < 1.29 is 9.53 Å². The Kier molecular flexibility index (Phi) is 5.64. The Morgan fingerprint density at radius 3 is 2.55 bits per heavy atom. The van der Waals surface area contributed by atoms with Gasteiger partial charge < -0.3 is 10.1 Å². The second-order valence-corrected chi connectivity index (χ2v) is 6.89. The van der Waals surface area contributed by atoms with E-state index in [0.29, 0.717) is 5.75 Å². The number of carbonyl (C=O) groups is 1. The molecule has 0 bridgehead atoms. The van der Waals surface area contributed by atoms with Gasteiger partial charge in [-0.15, -0.1) is 0 Å². The van der Waals surface area contributed by atoms with Crippen LogP contribution in [0.4, 0.5) is 5.69 Å². The molecular formula is C17H17Br2NO2. The SMILES string of the molecule is Cc1cccc(NC(=O)COc2c(C)cc(Br)cc2Br)c1C. The van der Waals surface area contributed by atoms with Crippen LogP contribution in [-0.4, -0.2) is 12.5 Å². The quantitative estimate of drug-likeness (QED) is 0.733. The van der Waals surface area contributed by atoms with Gasteiger partial charge in [0.25, 0.3) is 5.91 Å². The number of nitrogens with one attached hydrogen (secondary N) is 1. The second kappa shape index (κ2) is 7.29. The lowest BCUT2D eigenvalue weighted by atomic mass is 10.1. The van der Waals surface area contributed by atoms with Crippen LogP contribution in [0.25, 0.3) is 0 Å². The van der Waals surface area contributed by atoms with Crippen molar-refractivity contribution in [3.63, 3.8) is 0 Å². The lowest BCUT2D eigenvalue weighted by Crippen LogP contribution is -2.21. The van der Waals surface area contributed by atoms with Gasteiger partial charge in [0.1, 0.15) is 5.75 Å². The molecule has 116 valence electrons. The number of anilines is 1. The fourth-order valence-electron chi connectivity index (χ4n) is 2.08. The van der Waals surface area contributed by atoms with Crippen molar-refractivity contribution in [2.75, 3.05) is 11.9 Å². The van der Waals surface area contributed by atoms with Gasteiger partial charge in [-0.3, -0.25) is 4.79 Å². The molecule has 2 aromatic rings. The Labute approximate surface area is 147 Å². The minimum atomic E-state index is -0.178. The van der Waals surface area contributed by atoms with Gasteiger partial charge in [-0.05, 0) is 71.6 Å². The highest BCUT2D eigenvalue weighted by atomic mass is 79.9. The van der Waals surface area contributed by atoms with Crippen molar-refractivity contribution in [3.8, 4) is 5.75 Å². The number of hydrogen-bond donors (Lipinski definition) is 1. The number of ether oxygens (including phenoxy) is 1. The van der Waals surface area contributed by atoms with E-state index in [0.717, 1.165) is 31.3 Å². The summed E-state index contributed by atoms with van der Waals surface area (Å²) in [5, 5.41) is 2.88. The summed E-state index contributed by atoms with van der Waals surface area (Å²) in [6.07, 6.45) is 0. The average molecular weight is 427 g/mol. The maximum atomic E-state index is 12.1. The number of halogens is 2. The largest absolute Gasteiger partial charge is 0.482 e. The summed E-state index contributed by atoms with van der Waals surface area (Å²) in [7, 11) is 0. The van der Waals surface area contributed by atoms with Gasteiger partial charge in [-0.2, -0.15) is 0 Å². The lowest BCUT2D eigenvalue weighted by Gasteiger charge is -2.13. The Morgan fingerprint density at radius 2 is 1.86 bits per heavy atom. The van der Waals surface area contributed by atoms with Crippen molar-refractivity contribution >= 4 is 43.5 Å². The molecule has 0 aliphatic heterocycles. The molecule has 0 atom stereocenters. The predicted octanol–water partition coefficient (Wildman–Crippen LogP) is 5.15. The van der Waals surface area contributed by atoms with Crippen LogP contribution in [0.5, 0.6) is 5.75 Å². The Hall–Kier alpha value is -1.33. The molecule has 0 heterocycles. The first-order valence-corrected chi connectivity index (χ1v) is 8.41. The minimum Gasteiger partial charge on any atom is -0.482 e. The van der Waals surface area contributed by atoms with Crippen molar-refractivity contribution in [2.24, 2.45) is 0 Å². The molecule has 22 heavy (non-hydrogen) atoms. The molecule has 1 N–H and O–H groups in total. The van der Waals surface area contributed by atoms with E-state index in [-0.39, 0.29) is 12.5 Å². The van der Waals surface area contributed by atoms with Gasteiger partial charge in [0.2, 0.25) is 0 Å². The van der Waals surface area contributed by atoms with Crippen LogP contribution < -0.4 is 10.1 Å². The van der Waals surface area contributed by atoms with E-state index in [9.17, 15) is 4.79 Å². The van der Waals surface area contributed by atoms with Gasteiger partial charge in [-0.1, -0.05) is 28.1 Å². The van der Waals surface area contributed by atoms with E-state index >= 15 is 0 Å². The fourth-order valence-corrected chi connectivity index (χ4v) is 3.64. The van der Waals surface area contributed by atoms with Crippen molar-refractivity contribution in [1.29, 1.82) is 0 Å². The van der Waals surface area contributed by atoms with Crippen LogP contribution in [0.3, 0.4) is 0 Å². The zero-order valence-electron chi connectivity index (χ0n) is 12.7. The van der Waals surface area contributed by atoms with E-state index in [1.165, 1.54) is 0 Å². The molecule has 1 amide bonds. The predicted molar refractivity (Wildman–Crippen MR) is 96.6 cm³/mol. The summed E-state index contributed by atoms with van der Waals surface area (Å²) in [5.41, 5.74) is 3.99. The third-order valence-corrected chi connectivity index (χ3v) is 4.47. The molecule has 2 rings (SSSR count). The van der Waals surface area contributed by atoms with Gasteiger partial charge >= 0.3 is 0 Å². The molecule has 0 radical (unpaired) electrons. The number of benzene rings is 2. The molecule has 2 aromatic carbocycles. The van der Waals surface area contributed by atoms with Crippen LogP contribution in [0.1, 0.15) is 16.7 Å². The molecule has 0 aromatic heterocycles. The molecule has 0 unspecified atom stereocenters. The van der Waals surface area contributed by atoms with Crippen LogP contribution in [0.15, 0.2) is 39.3 Å². The van der Waals surface area contributed by atoms with E-state index < -0.39 is 0 Å². The topological polar surface area (TPSA) is 38.3 Å². The molecule has 0 aliphatic rings. The van der Waals surface area contributed by atoms with E-state index in [1.807, 2.05) is 51.1 Å². The number of rotatable bonds is 4. The number of hydrogen-bond acceptors (Lipinski definition) is 2. The maximum Gasteiger partial charge on any atom is 0.262 e. The normalized spacial score (nSPS) is 10.4. The molecule has 0 saturated carbocycles. The molecule has 5 heteroatoms. The van der Waals surface area contributed by atoms with Crippen molar-refractivity contribution in [1.82, 2.24) is 0 Å². The third-order valence-electron chi connectivity index (χ3n) is 3.42. The number of aryl methyl sites for hydroxylation is 2. The number of carbonyl (C=O) groups excluding carboxylic acids is 1. The Bertz CT molecular complexity index is 691. The second-order valence-electron chi connectivity index (χ2n) is 5.12. The van der Waals surface area contributed by atoms with Gasteiger partial charge in [0, 0.05) is 10.2 Å². The first kappa shape index (κ1) is 17.0. The smallest absolute Gasteiger partial charge is 0.262 e. The van der Waals surface area contributed by atoms with Crippen LogP contribution >= 0.6 is 31.9 Å². The van der Waals surface area contributed by atoms with Crippen LogP contribution in [-0.2, 0) is 4.79 Å². The summed E-state index contributed by atoms with van der Waals surface area (Å²) in [5.74, 6) is 0.502. The molecule has 0 saturated heterocycles. The first-order chi connectivity index (χ1) is 10.4. The zero-order chi connectivity index (χ0) is 16.3. The van der Waals surface area contributed by atoms with Crippen LogP contribution in [0.2, 0.25) is 0 Å². The first-order valence-electron chi connectivity index (χ1n) is 6.83. The highest BCUT2D eigenvalue weighted by Crippen LogP contribution is 2.32. The maximum absolute atomic E-state index is 12.1. The molecule has 0 aliphatic carbocycles. The van der Waals surface area contributed by atoms with Gasteiger partial charge in [0.05, 0.1) is 4.47 Å². The van der Waals surface area contributed by atoms with Gasteiger partial charge in [-0.25, -0.2) is 0 Å². The monoisotopic (exact) mass is 425 g/mol. The number of amides is 1. The van der Waals surface area contributed by atoms with Gasteiger partial charge in [0.15, 0.2) is 6.61 Å². The molecule has 0 fully saturated rings. The summed E-state index contributed by atoms with van der Waals surface area (Å²) < 4.78 is 7.43.